The number of hydrogen-bond acceptors (Lipinski definition) is 5. The summed E-state index contributed by atoms with van der Waals surface area (Å²) in [6.45, 7) is 8.25. The van der Waals surface area contributed by atoms with Crippen LogP contribution in [0, 0.1) is 5.92 Å². The molecule has 0 radical (unpaired) electrons. The quantitative estimate of drug-likeness (QED) is 0.425. The fraction of sp³-hybridized carbons (Fsp3) is 0.517. The lowest BCUT2D eigenvalue weighted by molar-refractivity contribution is -0.143. The second kappa shape index (κ2) is 13.8. The van der Waals surface area contributed by atoms with Crippen LogP contribution in [0.15, 0.2) is 42.5 Å². The van der Waals surface area contributed by atoms with Crippen LogP contribution >= 0.6 is 0 Å². The van der Waals surface area contributed by atoms with Gasteiger partial charge in [-0.1, -0.05) is 37.6 Å². The molecule has 0 aromatic heterocycles. The topological polar surface area (TPSA) is 77.1 Å². The molecule has 2 amide bonds. The number of hydrogen-bond donors (Lipinski definition) is 1. The highest BCUT2D eigenvalue weighted by Crippen LogP contribution is 2.41. The fourth-order valence-corrected chi connectivity index (χ4v) is 4.83. The Bertz CT molecular complexity index is 1010. The summed E-state index contributed by atoms with van der Waals surface area (Å²) in [4.78, 5) is 28.3. The Balaban J connectivity index is 1.75. The minimum absolute atomic E-state index is 0.0316. The van der Waals surface area contributed by atoms with Gasteiger partial charge in [0, 0.05) is 25.1 Å². The lowest BCUT2D eigenvalue weighted by Crippen LogP contribution is -2.48. The van der Waals surface area contributed by atoms with E-state index in [0.717, 1.165) is 35.5 Å². The van der Waals surface area contributed by atoms with E-state index in [0.29, 0.717) is 51.3 Å². The lowest BCUT2D eigenvalue weighted by atomic mass is 9.83. The molecule has 0 saturated carbocycles. The molecule has 0 unspecified atom stereocenters. The van der Waals surface area contributed by atoms with Gasteiger partial charge >= 0.3 is 0 Å². The maximum absolute atomic E-state index is 13.5. The Morgan fingerprint density at radius 3 is 2.50 bits per heavy atom. The SMILES string of the molecule is CCCCN1C(=O)CC[C@@H](C(=O)NCCc2ccc(OCC)c(OCC)c2)[C@H]1c1ccccc1OC. The Labute approximate surface area is 215 Å². The van der Waals surface area contributed by atoms with Gasteiger partial charge in [0.1, 0.15) is 5.75 Å². The first-order chi connectivity index (χ1) is 17.5. The highest BCUT2D eigenvalue weighted by molar-refractivity contribution is 5.85. The van der Waals surface area contributed by atoms with E-state index in [1.807, 2.05) is 61.2 Å². The third kappa shape index (κ3) is 6.71. The molecule has 2 atom stereocenters. The zero-order valence-corrected chi connectivity index (χ0v) is 22.0. The monoisotopic (exact) mass is 496 g/mol. The van der Waals surface area contributed by atoms with Crippen molar-refractivity contribution < 1.29 is 23.8 Å². The molecule has 3 rings (SSSR count). The standard InChI is InChI=1S/C29H40N2O5/c1-5-8-19-31-27(32)16-14-23(28(31)22-11-9-10-12-24(22)34-4)29(33)30-18-17-21-13-15-25(35-6-2)26(20-21)36-7-3/h9-13,15,20,23,28H,5-8,14,16-19H2,1-4H3,(H,30,33)/t23-,28-/m1/s1. The maximum atomic E-state index is 13.5. The molecule has 0 spiro atoms. The minimum Gasteiger partial charge on any atom is -0.496 e. The Morgan fingerprint density at radius 1 is 1.03 bits per heavy atom. The second-order valence-electron chi connectivity index (χ2n) is 8.96. The number of piperidine rings is 1. The van der Waals surface area contributed by atoms with E-state index in [2.05, 4.69) is 12.2 Å². The van der Waals surface area contributed by atoms with Crippen LogP contribution in [0.5, 0.6) is 17.2 Å². The number of benzene rings is 2. The molecule has 1 fully saturated rings. The predicted octanol–water partition coefficient (Wildman–Crippen LogP) is 4.93. The summed E-state index contributed by atoms with van der Waals surface area (Å²) >= 11 is 0. The molecular formula is C29H40N2O5. The molecule has 7 heteroatoms. The van der Waals surface area contributed by atoms with Crippen LogP contribution in [-0.2, 0) is 16.0 Å². The highest BCUT2D eigenvalue weighted by atomic mass is 16.5. The summed E-state index contributed by atoms with van der Waals surface area (Å²) in [5.41, 5.74) is 1.95. The summed E-state index contributed by atoms with van der Waals surface area (Å²) in [5.74, 6) is 1.88. The third-order valence-electron chi connectivity index (χ3n) is 6.57. The van der Waals surface area contributed by atoms with Crippen LogP contribution < -0.4 is 19.5 Å². The molecule has 7 nitrogen and oxygen atoms in total. The molecule has 1 saturated heterocycles. The van der Waals surface area contributed by atoms with E-state index in [1.54, 1.807) is 7.11 Å². The van der Waals surface area contributed by atoms with E-state index >= 15 is 0 Å². The van der Waals surface area contributed by atoms with Crippen molar-refractivity contribution in [2.24, 2.45) is 5.92 Å². The van der Waals surface area contributed by atoms with Crippen LogP contribution in [0.25, 0.3) is 0 Å². The number of amides is 2. The van der Waals surface area contributed by atoms with Crippen LogP contribution in [-0.4, -0.2) is 50.1 Å². The molecule has 196 valence electrons. The zero-order valence-electron chi connectivity index (χ0n) is 22.0. The van der Waals surface area contributed by atoms with E-state index in [9.17, 15) is 9.59 Å². The molecule has 1 aliphatic rings. The van der Waals surface area contributed by atoms with Crippen LogP contribution in [0.2, 0.25) is 0 Å². The van der Waals surface area contributed by atoms with Gasteiger partial charge in [-0.05, 0) is 56.9 Å². The van der Waals surface area contributed by atoms with Crippen LogP contribution in [0.3, 0.4) is 0 Å². The molecule has 36 heavy (non-hydrogen) atoms. The van der Waals surface area contributed by atoms with E-state index in [1.165, 1.54) is 0 Å². The van der Waals surface area contributed by atoms with Crippen molar-refractivity contribution >= 4 is 11.8 Å². The Hall–Kier alpha value is -3.22. The van der Waals surface area contributed by atoms with E-state index in [-0.39, 0.29) is 23.8 Å². The average molecular weight is 497 g/mol. The van der Waals surface area contributed by atoms with Gasteiger partial charge < -0.3 is 24.4 Å². The van der Waals surface area contributed by atoms with Gasteiger partial charge in [0.05, 0.1) is 32.3 Å². The van der Waals surface area contributed by atoms with Crippen LogP contribution in [0.1, 0.15) is 63.6 Å². The Kier molecular flexibility index (Phi) is 10.5. The molecule has 1 N–H and O–H groups in total. The maximum Gasteiger partial charge on any atom is 0.225 e. The number of carbonyl (C=O) groups is 2. The second-order valence-corrected chi connectivity index (χ2v) is 8.96. The normalized spacial score (nSPS) is 17.6. The smallest absolute Gasteiger partial charge is 0.225 e. The van der Waals surface area contributed by atoms with E-state index in [4.69, 9.17) is 14.2 Å². The third-order valence-corrected chi connectivity index (χ3v) is 6.57. The summed E-state index contributed by atoms with van der Waals surface area (Å²) in [6.07, 6.45) is 3.44. The minimum atomic E-state index is -0.344. The number of methoxy groups -OCH3 is 1. The fourth-order valence-electron chi connectivity index (χ4n) is 4.83. The molecule has 1 heterocycles. The van der Waals surface area contributed by atoms with Crippen molar-refractivity contribution in [3.63, 3.8) is 0 Å². The van der Waals surface area contributed by atoms with Gasteiger partial charge in [0.15, 0.2) is 11.5 Å². The van der Waals surface area contributed by atoms with E-state index < -0.39 is 0 Å². The largest absolute Gasteiger partial charge is 0.496 e. The number of rotatable bonds is 13. The number of ether oxygens (including phenoxy) is 3. The molecule has 1 aliphatic heterocycles. The van der Waals surface area contributed by atoms with Gasteiger partial charge in [-0.25, -0.2) is 0 Å². The van der Waals surface area contributed by atoms with Crippen LogP contribution in [0.4, 0.5) is 0 Å². The number of nitrogens with one attached hydrogen (secondary N) is 1. The van der Waals surface area contributed by atoms with Crippen molar-refractivity contribution in [2.75, 3.05) is 33.4 Å². The summed E-state index contributed by atoms with van der Waals surface area (Å²) in [5, 5.41) is 3.13. The molecule has 2 aromatic rings. The molecule has 0 bridgehead atoms. The summed E-state index contributed by atoms with van der Waals surface area (Å²) in [7, 11) is 1.63. The Morgan fingerprint density at radius 2 is 1.78 bits per heavy atom. The molecule has 0 aliphatic carbocycles. The summed E-state index contributed by atoms with van der Waals surface area (Å²) in [6, 6.07) is 13.3. The van der Waals surface area contributed by atoms with Crippen molar-refractivity contribution in [3.05, 3.63) is 53.6 Å². The van der Waals surface area contributed by atoms with Crippen molar-refractivity contribution in [2.45, 2.75) is 58.9 Å². The molecule has 2 aromatic carbocycles. The number of likely N-dealkylation sites (tertiary alicyclic amines) is 1. The van der Waals surface area contributed by atoms with Gasteiger partial charge in [-0.3, -0.25) is 9.59 Å². The van der Waals surface area contributed by atoms with Crippen molar-refractivity contribution in [3.8, 4) is 17.2 Å². The van der Waals surface area contributed by atoms with Gasteiger partial charge in [0.2, 0.25) is 11.8 Å². The molecular weight excluding hydrogens is 456 g/mol. The first-order valence-electron chi connectivity index (χ1n) is 13.1. The number of nitrogens with zero attached hydrogens (tertiary/aromatic N) is 1. The number of carbonyl (C=O) groups excluding carboxylic acids is 2. The van der Waals surface area contributed by atoms with Gasteiger partial charge in [0.25, 0.3) is 0 Å². The number of para-hydroxylation sites is 1. The predicted molar refractivity (Wildman–Crippen MR) is 141 cm³/mol. The first kappa shape index (κ1) is 27.4. The van der Waals surface area contributed by atoms with Crippen molar-refractivity contribution in [1.82, 2.24) is 10.2 Å². The number of unbranched alkanes of at least 4 members (excludes halogenated alkanes) is 1. The van der Waals surface area contributed by atoms with Gasteiger partial charge in [-0.15, -0.1) is 0 Å². The average Bonchev–Trinajstić information content (AvgIpc) is 2.89. The van der Waals surface area contributed by atoms with Crippen molar-refractivity contribution in [1.29, 1.82) is 0 Å². The zero-order chi connectivity index (χ0) is 25.9. The first-order valence-corrected chi connectivity index (χ1v) is 13.1. The van der Waals surface area contributed by atoms with Gasteiger partial charge in [-0.2, -0.15) is 0 Å². The lowest BCUT2D eigenvalue weighted by Gasteiger charge is -2.41. The summed E-state index contributed by atoms with van der Waals surface area (Å²) < 4.78 is 17.0. The highest BCUT2D eigenvalue weighted by Gasteiger charge is 2.41.